The van der Waals surface area contributed by atoms with Crippen LogP contribution in [-0.2, 0) is 11.3 Å². The van der Waals surface area contributed by atoms with Crippen LogP contribution >= 0.6 is 11.6 Å². The van der Waals surface area contributed by atoms with Gasteiger partial charge in [0, 0.05) is 30.9 Å². The van der Waals surface area contributed by atoms with Crippen molar-refractivity contribution in [2.75, 3.05) is 38.6 Å². The number of benzene rings is 2. The van der Waals surface area contributed by atoms with Crippen LogP contribution in [0, 0.1) is 5.82 Å². The van der Waals surface area contributed by atoms with Gasteiger partial charge in [0.1, 0.15) is 24.1 Å². The number of ether oxygens (including phenoxy) is 1. The minimum atomic E-state index is -5.08. The topological polar surface area (TPSA) is 164 Å². The number of aromatic nitrogens is 3. The lowest BCUT2D eigenvalue weighted by Gasteiger charge is -2.34. The summed E-state index contributed by atoms with van der Waals surface area (Å²) in [4.78, 5) is 49.9. The maximum atomic E-state index is 14.0. The Balaban J connectivity index is 0.000000582. The van der Waals surface area contributed by atoms with Crippen LogP contribution in [-0.4, -0.2) is 98.5 Å². The first-order valence-corrected chi connectivity index (χ1v) is 15.1. The molecule has 2 aliphatic heterocycles. The van der Waals surface area contributed by atoms with Crippen LogP contribution in [0.1, 0.15) is 28.8 Å². The Morgan fingerprint density at radius 1 is 1.21 bits per heavy atom. The highest BCUT2D eigenvalue weighted by atomic mass is 35.5. The van der Waals surface area contributed by atoms with E-state index in [2.05, 4.69) is 32.2 Å². The first-order chi connectivity index (χ1) is 22.7. The minimum Gasteiger partial charge on any atom is -0.486 e. The number of H-pyrrole nitrogens is 2. The molecule has 4 heterocycles. The molecule has 1 saturated heterocycles. The Hall–Kier alpha value is -4.67. The predicted octanol–water partition coefficient (Wildman–Crippen LogP) is 4.25. The maximum absolute atomic E-state index is 14.0. The van der Waals surface area contributed by atoms with Crippen molar-refractivity contribution >= 4 is 40.2 Å². The molecule has 0 radical (unpaired) electrons. The summed E-state index contributed by atoms with van der Waals surface area (Å²) in [6.07, 6.45) is -2.71. The lowest BCUT2D eigenvalue weighted by atomic mass is 10.0. The molecule has 0 bridgehead atoms. The molecule has 2 aliphatic rings. The number of nitrogens with zero attached hydrogens (tertiary/aromatic N) is 3. The number of para-hydroxylation sites is 1. The SMILES string of the molecule is CN1CCC(N2Cc3cc4[nH]c(-c5c(NC[C@@H](O)COc6c(F)cccc6Cl)cc[nH]c5=O)nc4cc3C2=O)CC1.O=C(O)C(F)(F)F. The highest BCUT2D eigenvalue weighted by molar-refractivity contribution is 6.32. The number of aromatic amines is 2. The third kappa shape index (κ3) is 7.72. The van der Waals surface area contributed by atoms with Crippen molar-refractivity contribution in [1.29, 1.82) is 0 Å². The van der Waals surface area contributed by atoms with Crippen molar-refractivity contribution in [3.63, 3.8) is 0 Å². The van der Waals surface area contributed by atoms with Gasteiger partial charge in [0.2, 0.25) is 0 Å². The molecule has 2 aromatic carbocycles. The molecule has 2 aromatic heterocycles. The number of nitrogens with one attached hydrogen (secondary N) is 3. The molecular formula is C31H31ClF4N6O6. The number of rotatable bonds is 8. The van der Waals surface area contributed by atoms with Crippen molar-refractivity contribution in [3.05, 3.63) is 74.9 Å². The number of aliphatic hydroxyl groups is 1. The summed E-state index contributed by atoms with van der Waals surface area (Å²) < 4.78 is 51.1. The second kappa shape index (κ2) is 14.2. The van der Waals surface area contributed by atoms with E-state index in [0.29, 0.717) is 29.1 Å². The van der Waals surface area contributed by atoms with Crippen LogP contribution < -0.4 is 15.6 Å². The van der Waals surface area contributed by atoms with E-state index in [1.165, 1.54) is 24.4 Å². The fraction of sp³-hybridized carbons (Fsp3) is 0.355. The van der Waals surface area contributed by atoms with E-state index < -0.39 is 24.1 Å². The molecule has 1 amide bonds. The van der Waals surface area contributed by atoms with Crippen LogP contribution in [0.2, 0.25) is 5.02 Å². The fourth-order valence-electron chi connectivity index (χ4n) is 5.51. The highest BCUT2D eigenvalue weighted by Gasteiger charge is 2.38. The molecule has 4 aromatic rings. The second-order valence-corrected chi connectivity index (χ2v) is 11.8. The van der Waals surface area contributed by atoms with Crippen molar-refractivity contribution in [2.24, 2.45) is 0 Å². The number of carboxylic acid groups (broad SMARTS) is 1. The molecule has 0 unspecified atom stereocenters. The number of imidazole rings is 1. The summed E-state index contributed by atoms with van der Waals surface area (Å²) in [6, 6.07) is 9.80. The maximum Gasteiger partial charge on any atom is 0.490 e. The number of anilines is 1. The van der Waals surface area contributed by atoms with E-state index in [1.807, 2.05) is 11.0 Å². The van der Waals surface area contributed by atoms with Crippen LogP contribution in [0.5, 0.6) is 5.75 Å². The third-order valence-corrected chi connectivity index (χ3v) is 8.27. The van der Waals surface area contributed by atoms with Crippen molar-refractivity contribution in [1.82, 2.24) is 24.8 Å². The smallest absolute Gasteiger partial charge is 0.486 e. The van der Waals surface area contributed by atoms with Gasteiger partial charge < -0.3 is 40.0 Å². The fourth-order valence-corrected chi connectivity index (χ4v) is 5.73. The quantitative estimate of drug-likeness (QED) is 0.170. The number of amides is 1. The van der Waals surface area contributed by atoms with Crippen LogP contribution in [0.15, 0.2) is 47.4 Å². The van der Waals surface area contributed by atoms with Gasteiger partial charge in [-0.05, 0) is 68.9 Å². The number of piperidine rings is 1. The number of hydrogen-bond acceptors (Lipinski definition) is 8. The zero-order valence-corrected chi connectivity index (χ0v) is 26.2. The number of carbonyl (C=O) groups excluding carboxylic acids is 1. The van der Waals surface area contributed by atoms with Gasteiger partial charge in [-0.3, -0.25) is 9.59 Å². The Morgan fingerprint density at radius 3 is 2.58 bits per heavy atom. The number of carboxylic acids is 1. The molecule has 6 rings (SSSR count). The largest absolute Gasteiger partial charge is 0.490 e. The van der Waals surface area contributed by atoms with E-state index in [1.54, 1.807) is 12.1 Å². The molecule has 1 atom stereocenters. The second-order valence-electron chi connectivity index (χ2n) is 11.4. The predicted molar refractivity (Wildman–Crippen MR) is 168 cm³/mol. The van der Waals surface area contributed by atoms with Crippen molar-refractivity contribution in [2.45, 2.75) is 37.7 Å². The molecular weight excluding hydrogens is 664 g/mol. The van der Waals surface area contributed by atoms with Crippen LogP contribution in [0.25, 0.3) is 22.4 Å². The van der Waals surface area contributed by atoms with Crippen molar-refractivity contribution < 1.29 is 42.1 Å². The Morgan fingerprint density at radius 2 is 1.92 bits per heavy atom. The van der Waals surface area contributed by atoms with Gasteiger partial charge >= 0.3 is 12.1 Å². The average molecular weight is 695 g/mol. The number of aliphatic hydroxyl groups excluding tert-OH is 1. The zero-order valence-electron chi connectivity index (χ0n) is 25.4. The normalized spacial score (nSPS) is 16.0. The molecule has 12 nitrogen and oxygen atoms in total. The van der Waals surface area contributed by atoms with Crippen LogP contribution in [0.4, 0.5) is 23.2 Å². The molecule has 1 fully saturated rings. The van der Waals surface area contributed by atoms with E-state index in [0.717, 1.165) is 37.0 Å². The summed E-state index contributed by atoms with van der Waals surface area (Å²) >= 11 is 5.98. The molecule has 0 spiro atoms. The molecule has 256 valence electrons. The van der Waals surface area contributed by atoms with E-state index in [4.69, 9.17) is 26.2 Å². The lowest BCUT2D eigenvalue weighted by Crippen LogP contribution is -2.43. The molecule has 48 heavy (non-hydrogen) atoms. The third-order valence-electron chi connectivity index (χ3n) is 7.97. The summed E-state index contributed by atoms with van der Waals surface area (Å²) in [7, 11) is 2.10. The van der Waals surface area contributed by atoms with Gasteiger partial charge in [-0.1, -0.05) is 17.7 Å². The monoisotopic (exact) mass is 694 g/mol. The number of carbonyl (C=O) groups is 2. The van der Waals surface area contributed by atoms with Crippen LogP contribution in [0.3, 0.4) is 0 Å². The number of fused-ring (bicyclic) bond motifs is 2. The number of likely N-dealkylation sites (tertiary alicyclic amines) is 1. The molecule has 0 saturated carbocycles. The van der Waals surface area contributed by atoms with Gasteiger partial charge in [-0.15, -0.1) is 0 Å². The standard InChI is InChI=1S/C29H30ClFN6O4.C2HF3O2/c1-36-9-6-17(7-10-36)37-14-16-11-23-24(12-19(16)29(37)40)35-27(34-23)25-22(5-8-32-28(25)39)33-13-18(38)15-41-26-20(30)3-2-4-21(26)31;3-2(4,5)1(6)7/h2-5,8,11-12,17-18,38H,6-7,9-10,13-15H2,1H3,(H,34,35)(H2,32,33,39);(H,6,7)/t18-;/m1./s1. The summed E-state index contributed by atoms with van der Waals surface area (Å²) in [5.74, 6) is -3.16. The summed E-state index contributed by atoms with van der Waals surface area (Å²) in [5.41, 5.74) is 3.21. The average Bonchev–Trinajstić information content (AvgIpc) is 3.58. The van der Waals surface area contributed by atoms with E-state index >= 15 is 0 Å². The Bertz CT molecular complexity index is 1850. The van der Waals surface area contributed by atoms with Gasteiger partial charge in [-0.25, -0.2) is 14.2 Å². The number of pyridine rings is 1. The Labute approximate surface area is 275 Å². The first kappa shape index (κ1) is 34.7. The summed E-state index contributed by atoms with van der Waals surface area (Å²) in [5, 5.41) is 20.7. The van der Waals surface area contributed by atoms with Gasteiger partial charge in [-0.2, -0.15) is 13.2 Å². The number of aliphatic carboxylic acids is 1. The number of hydrogen-bond donors (Lipinski definition) is 5. The zero-order chi connectivity index (χ0) is 34.7. The number of halogens is 5. The minimum absolute atomic E-state index is 0.0122. The Kier molecular flexibility index (Phi) is 10.3. The van der Waals surface area contributed by atoms with E-state index in [-0.39, 0.29) is 47.0 Å². The van der Waals surface area contributed by atoms with Gasteiger partial charge in [0.05, 0.1) is 21.7 Å². The number of alkyl halides is 3. The molecule has 17 heteroatoms. The van der Waals surface area contributed by atoms with Gasteiger partial charge in [0.25, 0.3) is 11.5 Å². The van der Waals surface area contributed by atoms with Gasteiger partial charge in [0.15, 0.2) is 11.6 Å². The molecule has 5 N–H and O–H groups in total. The lowest BCUT2D eigenvalue weighted by molar-refractivity contribution is -0.192. The summed E-state index contributed by atoms with van der Waals surface area (Å²) in [6.45, 7) is 2.30. The highest BCUT2D eigenvalue weighted by Crippen LogP contribution is 2.33. The molecule has 0 aliphatic carbocycles. The van der Waals surface area contributed by atoms with E-state index in [9.17, 15) is 32.3 Å². The van der Waals surface area contributed by atoms with Crippen molar-refractivity contribution in [3.8, 4) is 17.1 Å². The first-order valence-electron chi connectivity index (χ1n) is 14.8.